The molecule has 0 aliphatic carbocycles. The highest BCUT2D eigenvalue weighted by molar-refractivity contribution is 5.98. The van der Waals surface area contributed by atoms with Gasteiger partial charge in [-0.15, -0.1) is 0 Å². The number of nitrogens with one attached hydrogen (secondary N) is 1. The van der Waals surface area contributed by atoms with E-state index in [1.807, 2.05) is 6.07 Å². The lowest BCUT2D eigenvalue weighted by molar-refractivity contribution is -0.136. The number of carbonyl (C=O) groups is 3. The largest absolute Gasteiger partial charge is 0.482 e. The zero-order chi connectivity index (χ0) is 15.9. The van der Waals surface area contributed by atoms with Crippen LogP contribution in [0.5, 0.6) is 5.75 Å². The number of rotatable bonds is 5. The minimum atomic E-state index is -0.621. The minimum absolute atomic E-state index is 0.0817. The number of imide groups is 1. The number of amides is 3. The number of likely N-dealkylation sites (tertiary alicyclic amines) is 1. The van der Waals surface area contributed by atoms with Gasteiger partial charge in [-0.25, -0.2) is 0 Å². The molecule has 0 unspecified atom stereocenters. The zero-order valence-electron chi connectivity index (χ0n) is 11.9. The van der Waals surface area contributed by atoms with Crippen LogP contribution in [0.1, 0.15) is 18.4 Å². The van der Waals surface area contributed by atoms with Gasteiger partial charge in [0, 0.05) is 13.0 Å². The molecule has 0 radical (unpaired) electrons. The fraction of sp³-hybridized carbons (Fsp3) is 0.333. The molecule has 1 N–H and O–H groups in total. The summed E-state index contributed by atoms with van der Waals surface area (Å²) in [6.07, 6.45) is 1.17. The van der Waals surface area contributed by atoms with Gasteiger partial charge in [0.25, 0.3) is 5.91 Å². The second kappa shape index (κ2) is 7.22. The van der Waals surface area contributed by atoms with Gasteiger partial charge < -0.3 is 9.64 Å². The Balaban J connectivity index is 1.79. The summed E-state index contributed by atoms with van der Waals surface area (Å²) in [6, 6.07) is 8.44. The van der Waals surface area contributed by atoms with E-state index in [-0.39, 0.29) is 24.8 Å². The molecule has 3 amide bonds. The normalized spacial score (nSPS) is 13.6. The molecule has 1 heterocycles. The van der Waals surface area contributed by atoms with Crippen molar-refractivity contribution in [3.63, 3.8) is 0 Å². The Morgan fingerprint density at radius 1 is 1.32 bits per heavy atom. The average molecular weight is 301 g/mol. The van der Waals surface area contributed by atoms with Gasteiger partial charge >= 0.3 is 0 Å². The van der Waals surface area contributed by atoms with Gasteiger partial charge in [-0.2, -0.15) is 5.26 Å². The molecule has 2 rings (SSSR count). The number of benzene rings is 1. The Morgan fingerprint density at radius 3 is 2.77 bits per heavy atom. The van der Waals surface area contributed by atoms with Crippen LogP contribution in [0.3, 0.4) is 0 Å². The van der Waals surface area contributed by atoms with Crippen LogP contribution in [0.2, 0.25) is 0 Å². The molecule has 0 saturated carbocycles. The third kappa shape index (κ3) is 4.06. The first kappa shape index (κ1) is 15.5. The van der Waals surface area contributed by atoms with E-state index in [0.717, 1.165) is 6.42 Å². The monoisotopic (exact) mass is 301 g/mol. The van der Waals surface area contributed by atoms with Crippen LogP contribution in [-0.2, 0) is 14.4 Å². The first-order valence-corrected chi connectivity index (χ1v) is 6.82. The smallest absolute Gasteiger partial charge is 0.264 e. The summed E-state index contributed by atoms with van der Waals surface area (Å²) in [7, 11) is 0. The molecule has 7 nitrogen and oxygen atoms in total. The topological polar surface area (TPSA) is 99.5 Å². The molecule has 1 aromatic carbocycles. The molecule has 1 fully saturated rings. The highest BCUT2D eigenvalue weighted by atomic mass is 16.5. The van der Waals surface area contributed by atoms with Crippen LogP contribution >= 0.6 is 0 Å². The quantitative estimate of drug-likeness (QED) is 0.837. The van der Waals surface area contributed by atoms with Crippen LogP contribution in [0.15, 0.2) is 24.3 Å². The summed E-state index contributed by atoms with van der Waals surface area (Å²) in [4.78, 5) is 36.1. The third-order valence-electron chi connectivity index (χ3n) is 3.15. The summed E-state index contributed by atoms with van der Waals surface area (Å²) in [6.45, 7) is 0.0320. The summed E-state index contributed by atoms with van der Waals surface area (Å²) >= 11 is 0. The maximum absolute atomic E-state index is 11.7. The van der Waals surface area contributed by atoms with Gasteiger partial charge in [-0.05, 0) is 18.6 Å². The average Bonchev–Trinajstić information content (AvgIpc) is 2.90. The highest BCUT2D eigenvalue weighted by Gasteiger charge is 2.23. The number of nitrogens with zero attached hydrogens (tertiary/aromatic N) is 2. The van der Waals surface area contributed by atoms with Gasteiger partial charge in [-0.3, -0.25) is 19.7 Å². The molecule has 1 aliphatic heterocycles. The fourth-order valence-electron chi connectivity index (χ4n) is 2.10. The summed E-state index contributed by atoms with van der Waals surface area (Å²) in [5, 5.41) is 11.0. The SMILES string of the molecule is N#Cc1ccccc1OCC(=O)NC(=O)CN1CCCC1=O. The first-order chi connectivity index (χ1) is 10.6. The molecule has 1 aromatic rings. The fourth-order valence-corrected chi connectivity index (χ4v) is 2.10. The predicted molar refractivity (Wildman–Crippen MR) is 75.6 cm³/mol. The zero-order valence-corrected chi connectivity index (χ0v) is 11.9. The van der Waals surface area contributed by atoms with E-state index in [2.05, 4.69) is 5.32 Å². The van der Waals surface area contributed by atoms with Crippen molar-refractivity contribution in [1.82, 2.24) is 10.2 Å². The number of hydrogen-bond donors (Lipinski definition) is 1. The molecular formula is C15H15N3O4. The van der Waals surface area contributed by atoms with E-state index in [1.54, 1.807) is 24.3 Å². The van der Waals surface area contributed by atoms with Gasteiger partial charge in [0.05, 0.1) is 12.1 Å². The standard InChI is InChI=1S/C15H15N3O4/c16-8-11-4-1-2-5-12(11)22-10-14(20)17-13(19)9-18-7-3-6-15(18)21/h1-2,4-5H,3,6-7,9-10H2,(H,17,19,20). The van der Waals surface area contributed by atoms with Gasteiger partial charge in [-0.1, -0.05) is 12.1 Å². The summed E-state index contributed by atoms with van der Waals surface area (Å²) < 4.78 is 5.21. The Kier molecular flexibility index (Phi) is 5.09. The summed E-state index contributed by atoms with van der Waals surface area (Å²) in [5.74, 6) is -0.967. The van der Waals surface area contributed by atoms with Crippen molar-refractivity contribution < 1.29 is 19.1 Å². The maximum Gasteiger partial charge on any atom is 0.264 e. The molecule has 0 spiro atoms. The van der Waals surface area contributed by atoms with E-state index >= 15 is 0 Å². The van der Waals surface area contributed by atoms with Crippen molar-refractivity contribution >= 4 is 17.7 Å². The number of carbonyl (C=O) groups excluding carboxylic acids is 3. The van der Waals surface area contributed by atoms with Gasteiger partial charge in [0.15, 0.2) is 6.61 Å². The van der Waals surface area contributed by atoms with Crippen molar-refractivity contribution in [2.24, 2.45) is 0 Å². The van der Waals surface area contributed by atoms with Crippen LogP contribution in [0, 0.1) is 11.3 Å². The lowest BCUT2D eigenvalue weighted by Crippen LogP contribution is -2.42. The number of para-hydroxylation sites is 1. The van der Waals surface area contributed by atoms with E-state index in [0.29, 0.717) is 18.5 Å². The third-order valence-corrected chi connectivity index (χ3v) is 3.15. The summed E-state index contributed by atoms with van der Waals surface area (Å²) in [5.41, 5.74) is 0.310. The molecule has 7 heteroatoms. The Morgan fingerprint density at radius 2 is 2.09 bits per heavy atom. The van der Waals surface area contributed by atoms with E-state index in [4.69, 9.17) is 10.00 Å². The van der Waals surface area contributed by atoms with Gasteiger partial charge in [0.1, 0.15) is 11.8 Å². The first-order valence-electron chi connectivity index (χ1n) is 6.82. The molecular weight excluding hydrogens is 286 g/mol. The minimum Gasteiger partial charge on any atom is -0.482 e. The molecule has 1 saturated heterocycles. The second-order valence-corrected chi connectivity index (χ2v) is 4.79. The van der Waals surface area contributed by atoms with E-state index in [1.165, 1.54) is 4.90 Å². The molecule has 0 bridgehead atoms. The lowest BCUT2D eigenvalue weighted by Gasteiger charge is -2.14. The van der Waals surface area contributed by atoms with Crippen LogP contribution < -0.4 is 10.1 Å². The Bertz CT molecular complexity index is 636. The highest BCUT2D eigenvalue weighted by Crippen LogP contribution is 2.16. The number of hydrogen-bond acceptors (Lipinski definition) is 5. The molecule has 0 atom stereocenters. The van der Waals surface area contributed by atoms with E-state index in [9.17, 15) is 14.4 Å². The maximum atomic E-state index is 11.7. The molecule has 1 aliphatic rings. The van der Waals surface area contributed by atoms with Crippen molar-refractivity contribution in [2.75, 3.05) is 19.7 Å². The van der Waals surface area contributed by atoms with Crippen molar-refractivity contribution in [2.45, 2.75) is 12.8 Å². The van der Waals surface area contributed by atoms with Crippen LogP contribution in [0.25, 0.3) is 0 Å². The van der Waals surface area contributed by atoms with Crippen molar-refractivity contribution in [3.8, 4) is 11.8 Å². The Labute approximate surface area is 127 Å². The van der Waals surface area contributed by atoms with Crippen molar-refractivity contribution in [1.29, 1.82) is 5.26 Å². The van der Waals surface area contributed by atoms with Crippen LogP contribution in [-0.4, -0.2) is 42.3 Å². The molecule has 0 aromatic heterocycles. The Hall–Kier alpha value is -2.88. The van der Waals surface area contributed by atoms with Crippen molar-refractivity contribution in [3.05, 3.63) is 29.8 Å². The lowest BCUT2D eigenvalue weighted by atomic mass is 10.2. The van der Waals surface area contributed by atoms with Crippen LogP contribution in [0.4, 0.5) is 0 Å². The second-order valence-electron chi connectivity index (χ2n) is 4.79. The van der Waals surface area contributed by atoms with E-state index < -0.39 is 11.8 Å². The molecule has 114 valence electrons. The predicted octanol–water partition coefficient (Wildman–Crippen LogP) is 0.202. The molecule has 22 heavy (non-hydrogen) atoms. The number of ether oxygens (including phenoxy) is 1. The van der Waals surface area contributed by atoms with Gasteiger partial charge in [0.2, 0.25) is 11.8 Å². The number of nitriles is 1.